The number of carbonyl (C=O) groups excluding carboxylic acids is 1. The molecule has 0 aliphatic heterocycles. The van der Waals surface area contributed by atoms with Crippen LogP contribution in [-0.4, -0.2) is 36.8 Å². The van der Waals surface area contributed by atoms with Crippen molar-refractivity contribution in [3.63, 3.8) is 0 Å². The first-order valence-corrected chi connectivity index (χ1v) is 8.14. The lowest BCUT2D eigenvalue weighted by Crippen LogP contribution is -2.43. The lowest BCUT2D eigenvalue weighted by atomic mass is 10.1. The van der Waals surface area contributed by atoms with Gasteiger partial charge in [0.1, 0.15) is 11.6 Å². The van der Waals surface area contributed by atoms with E-state index in [9.17, 15) is 18.7 Å². The van der Waals surface area contributed by atoms with E-state index >= 15 is 0 Å². The summed E-state index contributed by atoms with van der Waals surface area (Å²) >= 11 is 0. The Morgan fingerprint density at radius 1 is 1.12 bits per heavy atom. The van der Waals surface area contributed by atoms with Crippen molar-refractivity contribution in [3.05, 3.63) is 65.7 Å². The van der Waals surface area contributed by atoms with Crippen molar-refractivity contribution in [2.45, 2.75) is 19.4 Å². The van der Waals surface area contributed by atoms with E-state index < -0.39 is 17.7 Å². The van der Waals surface area contributed by atoms with Crippen LogP contribution in [0, 0.1) is 11.6 Å². The molecule has 2 aromatic carbocycles. The molecule has 2 aromatic rings. The summed E-state index contributed by atoms with van der Waals surface area (Å²) in [4.78, 5) is 14.0. The number of hydrogen-bond donors (Lipinski definition) is 2. The number of amides is 1. The van der Waals surface area contributed by atoms with E-state index in [1.54, 1.807) is 11.8 Å². The normalized spacial score (nSPS) is 11.8. The maximum atomic E-state index is 13.7. The van der Waals surface area contributed by atoms with Gasteiger partial charge in [0.15, 0.2) is 0 Å². The van der Waals surface area contributed by atoms with E-state index in [4.69, 9.17) is 0 Å². The molecule has 2 N–H and O–H groups in total. The molecule has 0 saturated carbocycles. The Labute approximate surface area is 146 Å². The SMILES string of the molecule is CC(Cc1c(F)cccc1F)NC(=O)CN(CCO)c1ccccc1. The summed E-state index contributed by atoms with van der Waals surface area (Å²) in [6, 6.07) is 12.5. The molecular formula is C19H22F2N2O2. The van der Waals surface area contributed by atoms with Crippen LogP contribution < -0.4 is 10.2 Å². The number of nitrogens with one attached hydrogen (secondary N) is 1. The van der Waals surface area contributed by atoms with Crippen molar-refractivity contribution >= 4 is 11.6 Å². The first-order valence-electron chi connectivity index (χ1n) is 8.14. The van der Waals surface area contributed by atoms with Crippen LogP contribution in [0.3, 0.4) is 0 Å². The second-order valence-electron chi connectivity index (χ2n) is 5.85. The van der Waals surface area contributed by atoms with E-state index in [2.05, 4.69) is 5.32 Å². The number of para-hydroxylation sites is 1. The van der Waals surface area contributed by atoms with Crippen LogP contribution in [0.1, 0.15) is 12.5 Å². The van der Waals surface area contributed by atoms with Crippen molar-refractivity contribution in [2.24, 2.45) is 0 Å². The fraction of sp³-hybridized carbons (Fsp3) is 0.316. The quantitative estimate of drug-likeness (QED) is 0.771. The standard InChI is InChI=1S/C19H22F2N2O2/c1-14(12-16-17(20)8-5-9-18(16)21)22-19(25)13-23(10-11-24)15-6-3-2-4-7-15/h2-9,14,24H,10-13H2,1H3,(H,22,25). The third-order valence-corrected chi connectivity index (χ3v) is 3.81. The zero-order valence-electron chi connectivity index (χ0n) is 14.1. The number of hydrogen-bond acceptors (Lipinski definition) is 3. The lowest BCUT2D eigenvalue weighted by molar-refractivity contribution is -0.120. The molecule has 0 saturated heterocycles. The molecule has 2 rings (SSSR count). The Morgan fingerprint density at radius 2 is 1.76 bits per heavy atom. The zero-order valence-corrected chi connectivity index (χ0v) is 14.1. The number of rotatable bonds is 8. The van der Waals surface area contributed by atoms with Gasteiger partial charge in [-0.3, -0.25) is 4.79 Å². The van der Waals surface area contributed by atoms with Crippen LogP contribution in [0.15, 0.2) is 48.5 Å². The van der Waals surface area contributed by atoms with Crippen molar-refractivity contribution in [1.82, 2.24) is 5.32 Å². The summed E-state index contributed by atoms with van der Waals surface area (Å²) < 4.78 is 27.4. The van der Waals surface area contributed by atoms with Gasteiger partial charge in [0, 0.05) is 23.8 Å². The van der Waals surface area contributed by atoms with E-state index in [0.29, 0.717) is 6.54 Å². The molecule has 0 aliphatic carbocycles. The largest absolute Gasteiger partial charge is 0.395 e. The Bertz CT molecular complexity index is 675. The highest BCUT2D eigenvalue weighted by Gasteiger charge is 2.16. The summed E-state index contributed by atoms with van der Waals surface area (Å²) in [6.45, 7) is 1.98. The van der Waals surface area contributed by atoms with Gasteiger partial charge in [0.05, 0.1) is 13.2 Å². The number of halogens is 2. The summed E-state index contributed by atoms with van der Waals surface area (Å²) in [7, 11) is 0. The monoisotopic (exact) mass is 348 g/mol. The minimum Gasteiger partial charge on any atom is -0.395 e. The Morgan fingerprint density at radius 3 is 2.36 bits per heavy atom. The Balaban J connectivity index is 1.96. The van der Waals surface area contributed by atoms with Crippen LogP contribution in [-0.2, 0) is 11.2 Å². The molecule has 6 heteroatoms. The van der Waals surface area contributed by atoms with E-state index in [-0.39, 0.29) is 31.0 Å². The van der Waals surface area contributed by atoms with Crippen LogP contribution in [0.4, 0.5) is 14.5 Å². The maximum Gasteiger partial charge on any atom is 0.239 e. The third kappa shape index (κ3) is 5.53. The average molecular weight is 348 g/mol. The molecule has 0 bridgehead atoms. The molecule has 0 spiro atoms. The second kappa shape index (κ2) is 9.13. The molecule has 0 fully saturated rings. The summed E-state index contributed by atoms with van der Waals surface area (Å²) in [5, 5.41) is 11.9. The topological polar surface area (TPSA) is 52.6 Å². The third-order valence-electron chi connectivity index (χ3n) is 3.81. The first-order chi connectivity index (χ1) is 12.0. The highest BCUT2D eigenvalue weighted by Crippen LogP contribution is 2.15. The molecule has 1 unspecified atom stereocenters. The Hall–Kier alpha value is -2.47. The highest BCUT2D eigenvalue weighted by atomic mass is 19.1. The molecule has 1 amide bonds. The molecule has 0 heterocycles. The van der Waals surface area contributed by atoms with Crippen LogP contribution in [0.25, 0.3) is 0 Å². The van der Waals surface area contributed by atoms with Crippen molar-refractivity contribution < 1.29 is 18.7 Å². The molecule has 0 aliphatic rings. The van der Waals surface area contributed by atoms with Crippen LogP contribution in [0.5, 0.6) is 0 Å². The van der Waals surface area contributed by atoms with Crippen LogP contribution in [0.2, 0.25) is 0 Å². The molecular weight excluding hydrogens is 326 g/mol. The zero-order chi connectivity index (χ0) is 18.2. The van der Waals surface area contributed by atoms with Gasteiger partial charge >= 0.3 is 0 Å². The van der Waals surface area contributed by atoms with Gasteiger partial charge in [0.25, 0.3) is 0 Å². The Kier molecular flexibility index (Phi) is 6.89. The van der Waals surface area contributed by atoms with Gasteiger partial charge in [-0.1, -0.05) is 24.3 Å². The summed E-state index contributed by atoms with van der Waals surface area (Å²) in [5.74, 6) is -1.51. The number of nitrogens with zero attached hydrogens (tertiary/aromatic N) is 1. The van der Waals surface area contributed by atoms with Gasteiger partial charge in [-0.05, 0) is 37.6 Å². The molecule has 0 radical (unpaired) electrons. The number of anilines is 1. The summed E-state index contributed by atoms with van der Waals surface area (Å²) in [6.07, 6.45) is 0.0651. The van der Waals surface area contributed by atoms with Crippen molar-refractivity contribution in [3.8, 4) is 0 Å². The van der Waals surface area contributed by atoms with Gasteiger partial charge in [-0.2, -0.15) is 0 Å². The van der Waals surface area contributed by atoms with E-state index in [1.807, 2.05) is 30.3 Å². The van der Waals surface area contributed by atoms with Crippen molar-refractivity contribution in [2.75, 3.05) is 24.6 Å². The van der Waals surface area contributed by atoms with Crippen molar-refractivity contribution in [1.29, 1.82) is 0 Å². The highest BCUT2D eigenvalue weighted by molar-refractivity contribution is 5.81. The van der Waals surface area contributed by atoms with E-state index in [1.165, 1.54) is 18.2 Å². The van der Waals surface area contributed by atoms with Gasteiger partial charge < -0.3 is 15.3 Å². The second-order valence-corrected chi connectivity index (χ2v) is 5.85. The number of benzene rings is 2. The predicted molar refractivity (Wildman–Crippen MR) is 93.4 cm³/mol. The smallest absolute Gasteiger partial charge is 0.239 e. The molecule has 0 aromatic heterocycles. The molecule has 134 valence electrons. The van der Waals surface area contributed by atoms with Gasteiger partial charge in [-0.15, -0.1) is 0 Å². The predicted octanol–water partition coefficient (Wildman–Crippen LogP) is 2.51. The van der Waals surface area contributed by atoms with Crippen LogP contribution >= 0.6 is 0 Å². The maximum absolute atomic E-state index is 13.7. The summed E-state index contributed by atoms with van der Waals surface area (Å²) in [5.41, 5.74) is 0.782. The number of aliphatic hydroxyl groups excluding tert-OH is 1. The molecule has 4 nitrogen and oxygen atoms in total. The van der Waals surface area contributed by atoms with Gasteiger partial charge in [0.2, 0.25) is 5.91 Å². The first kappa shape index (κ1) is 18.9. The minimum absolute atomic E-state index is 0.0365. The molecule has 1 atom stereocenters. The minimum atomic E-state index is -0.618. The average Bonchev–Trinajstić information content (AvgIpc) is 2.58. The number of aliphatic hydroxyl groups is 1. The fourth-order valence-corrected chi connectivity index (χ4v) is 2.64. The number of carbonyl (C=O) groups is 1. The van der Waals surface area contributed by atoms with E-state index in [0.717, 1.165) is 5.69 Å². The van der Waals surface area contributed by atoms with Gasteiger partial charge in [-0.25, -0.2) is 8.78 Å². The molecule has 25 heavy (non-hydrogen) atoms. The fourth-order valence-electron chi connectivity index (χ4n) is 2.64. The lowest BCUT2D eigenvalue weighted by Gasteiger charge is -2.24.